The van der Waals surface area contributed by atoms with E-state index in [0.29, 0.717) is 49.0 Å². The van der Waals surface area contributed by atoms with Gasteiger partial charge in [0.25, 0.3) is 0 Å². The second kappa shape index (κ2) is 7.54. The average molecular weight is 357 g/mol. The highest BCUT2D eigenvalue weighted by atomic mass is 19.1. The molecule has 7 nitrogen and oxygen atoms in total. The second-order valence-corrected chi connectivity index (χ2v) is 6.29. The molecule has 0 bridgehead atoms. The van der Waals surface area contributed by atoms with Crippen molar-refractivity contribution in [1.82, 2.24) is 10.1 Å². The molecule has 2 aromatic rings. The van der Waals surface area contributed by atoms with Crippen molar-refractivity contribution >= 4 is 17.4 Å². The number of aryl methyl sites for hydroxylation is 1. The van der Waals surface area contributed by atoms with E-state index >= 15 is 0 Å². The fourth-order valence-corrected chi connectivity index (χ4v) is 3.00. The van der Waals surface area contributed by atoms with Gasteiger partial charge in [-0.05, 0) is 32.0 Å². The van der Waals surface area contributed by atoms with Crippen molar-refractivity contribution in [3.63, 3.8) is 0 Å². The largest absolute Gasteiger partial charge is 0.367 e. The maximum Gasteiger partial charge on any atom is 0.242 e. The van der Waals surface area contributed by atoms with Crippen LogP contribution in [0.1, 0.15) is 18.2 Å². The molecule has 0 saturated carbocycles. The molecule has 1 amide bonds. The lowest BCUT2D eigenvalue weighted by Crippen LogP contribution is -2.53. The molecule has 0 radical (unpaired) electrons. The Bertz CT molecular complexity index is 836. The van der Waals surface area contributed by atoms with Crippen LogP contribution in [-0.2, 0) is 4.79 Å². The highest BCUT2D eigenvalue weighted by Gasteiger charge is 2.27. The third-order valence-electron chi connectivity index (χ3n) is 4.54. The molecular weight excluding hydrogens is 337 g/mol. The Morgan fingerprint density at radius 2 is 2.08 bits per heavy atom. The SMILES string of the molecule is Cc1cc(NC(=O)[C@H](C)N2CCN(c3ccc(C#N)cc3F)CC2)no1. The van der Waals surface area contributed by atoms with Crippen molar-refractivity contribution < 1.29 is 13.7 Å². The van der Waals surface area contributed by atoms with E-state index in [0.717, 1.165) is 0 Å². The van der Waals surface area contributed by atoms with Gasteiger partial charge in [0.15, 0.2) is 5.82 Å². The Labute approximate surface area is 151 Å². The average Bonchev–Trinajstić information content (AvgIpc) is 3.05. The minimum Gasteiger partial charge on any atom is -0.367 e. The van der Waals surface area contributed by atoms with E-state index in [-0.39, 0.29) is 11.9 Å². The molecule has 0 aliphatic carbocycles. The highest BCUT2D eigenvalue weighted by molar-refractivity contribution is 5.93. The normalized spacial score (nSPS) is 16.2. The highest BCUT2D eigenvalue weighted by Crippen LogP contribution is 2.22. The molecule has 3 rings (SSSR count). The topological polar surface area (TPSA) is 85.4 Å². The second-order valence-electron chi connectivity index (χ2n) is 6.29. The van der Waals surface area contributed by atoms with Crippen LogP contribution in [0.15, 0.2) is 28.8 Å². The van der Waals surface area contributed by atoms with Gasteiger partial charge in [0.05, 0.1) is 23.4 Å². The zero-order chi connectivity index (χ0) is 18.7. The zero-order valence-corrected chi connectivity index (χ0v) is 14.7. The van der Waals surface area contributed by atoms with Crippen LogP contribution in [0.25, 0.3) is 0 Å². The summed E-state index contributed by atoms with van der Waals surface area (Å²) in [4.78, 5) is 16.3. The predicted octanol–water partition coefficient (Wildman–Crippen LogP) is 2.14. The van der Waals surface area contributed by atoms with Gasteiger partial charge in [-0.15, -0.1) is 0 Å². The first-order valence-electron chi connectivity index (χ1n) is 8.41. The third kappa shape index (κ3) is 3.83. The van der Waals surface area contributed by atoms with E-state index in [2.05, 4.69) is 10.5 Å². The Balaban J connectivity index is 1.57. The van der Waals surface area contributed by atoms with E-state index in [1.54, 1.807) is 25.1 Å². The molecule has 1 fully saturated rings. The number of carbonyl (C=O) groups is 1. The van der Waals surface area contributed by atoms with Gasteiger partial charge in [-0.25, -0.2) is 4.39 Å². The van der Waals surface area contributed by atoms with E-state index in [1.165, 1.54) is 6.07 Å². The predicted molar refractivity (Wildman–Crippen MR) is 94.2 cm³/mol. The van der Waals surface area contributed by atoms with Crippen molar-refractivity contribution in [1.29, 1.82) is 5.26 Å². The number of nitrogens with one attached hydrogen (secondary N) is 1. The van der Waals surface area contributed by atoms with Gasteiger partial charge in [-0.1, -0.05) is 5.16 Å². The molecule has 1 aromatic heterocycles. The summed E-state index contributed by atoms with van der Waals surface area (Å²) in [6, 6.07) is 7.75. The number of nitriles is 1. The van der Waals surface area contributed by atoms with Crippen molar-refractivity contribution in [2.45, 2.75) is 19.9 Å². The molecule has 1 aliphatic rings. The standard InChI is InChI=1S/C18H20FN5O2/c1-12-9-17(22-26-12)21-18(25)13(2)23-5-7-24(8-6-23)16-4-3-14(11-20)10-15(16)19/h3-4,9-10,13H,5-8H2,1-2H3,(H,21,22,25)/t13-/m0/s1. The molecule has 1 saturated heterocycles. The summed E-state index contributed by atoms with van der Waals surface area (Å²) in [5, 5.41) is 15.3. The van der Waals surface area contributed by atoms with E-state index in [9.17, 15) is 9.18 Å². The molecule has 1 aromatic carbocycles. The first-order chi connectivity index (χ1) is 12.5. The molecule has 2 heterocycles. The number of carbonyl (C=O) groups excluding carboxylic acids is 1. The fourth-order valence-electron chi connectivity index (χ4n) is 3.00. The number of halogens is 1. The number of hydrogen-bond donors (Lipinski definition) is 1. The van der Waals surface area contributed by atoms with Gasteiger partial charge in [-0.2, -0.15) is 5.26 Å². The quantitative estimate of drug-likeness (QED) is 0.902. The van der Waals surface area contributed by atoms with Gasteiger partial charge < -0.3 is 14.7 Å². The Morgan fingerprint density at radius 3 is 2.65 bits per heavy atom. The van der Waals surface area contributed by atoms with E-state index < -0.39 is 5.82 Å². The maximum atomic E-state index is 14.2. The summed E-state index contributed by atoms with van der Waals surface area (Å²) >= 11 is 0. The lowest BCUT2D eigenvalue weighted by Gasteiger charge is -2.38. The molecule has 1 atom stereocenters. The smallest absolute Gasteiger partial charge is 0.242 e. The van der Waals surface area contributed by atoms with E-state index in [4.69, 9.17) is 9.78 Å². The van der Waals surface area contributed by atoms with Crippen LogP contribution in [-0.4, -0.2) is 48.2 Å². The van der Waals surface area contributed by atoms with Crippen LogP contribution in [0.2, 0.25) is 0 Å². The third-order valence-corrected chi connectivity index (χ3v) is 4.54. The Morgan fingerprint density at radius 1 is 1.35 bits per heavy atom. The van der Waals surface area contributed by atoms with Crippen LogP contribution in [0, 0.1) is 24.1 Å². The number of rotatable bonds is 4. The number of benzene rings is 1. The van der Waals surface area contributed by atoms with Crippen molar-refractivity contribution in [2.75, 3.05) is 36.4 Å². The number of aromatic nitrogens is 1. The summed E-state index contributed by atoms with van der Waals surface area (Å²) in [5.41, 5.74) is 0.789. The van der Waals surface area contributed by atoms with Crippen LogP contribution in [0.4, 0.5) is 15.9 Å². The van der Waals surface area contributed by atoms with Gasteiger partial charge >= 0.3 is 0 Å². The minimum absolute atomic E-state index is 0.156. The number of amides is 1. The van der Waals surface area contributed by atoms with Crippen LogP contribution >= 0.6 is 0 Å². The van der Waals surface area contributed by atoms with Crippen molar-refractivity contribution in [3.05, 3.63) is 41.4 Å². The minimum atomic E-state index is -0.398. The van der Waals surface area contributed by atoms with Crippen LogP contribution < -0.4 is 10.2 Å². The summed E-state index contributed by atoms with van der Waals surface area (Å²) in [6.07, 6.45) is 0. The summed E-state index contributed by atoms with van der Waals surface area (Å²) in [7, 11) is 0. The number of anilines is 2. The first-order valence-corrected chi connectivity index (χ1v) is 8.41. The molecule has 0 unspecified atom stereocenters. The van der Waals surface area contributed by atoms with Gasteiger partial charge in [0.1, 0.15) is 11.6 Å². The van der Waals surface area contributed by atoms with Crippen LogP contribution in [0.3, 0.4) is 0 Å². The number of nitrogens with zero attached hydrogens (tertiary/aromatic N) is 4. The Kier molecular flexibility index (Phi) is 5.19. The fraction of sp³-hybridized carbons (Fsp3) is 0.389. The van der Waals surface area contributed by atoms with Gasteiger partial charge in [0, 0.05) is 32.2 Å². The molecule has 1 aliphatic heterocycles. The zero-order valence-electron chi connectivity index (χ0n) is 14.7. The number of hydrogen-bond acceptors (Lipinski definition) is 6. The summed E-state index contributed by atoms with van der Waals surface area (Å²) in [5.74, 6) is 0.477. The lowest BCUT2D eigenvalue weighted by atomic mass is 10.1. The van der Waals surface area contributed by atoms with Crippen LogP contribution in [0.5, 0.6) is 0 Å². The molecule has 8 heteroatoms. The molecular formula is C18H20FN5O2. The summed E-state index contributed by atoms with van der Waals surface area (Å²) < 4.78 is 19.1. The van der Waals surface area contributed by atoms with Gasteiger partial charge in [0.2, 0.25) is 5.91 Å². The molecule has 136 valence electrons. The molecule has 1 N–H and O–H groups in total. The van der Waals surface area contributed by atoms with Crippen molar-refractivity contribution in [2.24, 2.45) is 0 Å². The monoisotopic (exact) mass is 357 g/mol. The van der Waals surface area contributed by atoms with E-state index in [1.807, 2.05) is 22.8 Å². The first kappa shape index (κ1) is 17.9. The van der Waals surface area contributed by atoms with Gasteiger partial charge in [-0.3, -0.25) is 9.69 Å². The number of piperazine rings is 1. The summed E-state index contributed by atoms with van der Waals surface area (Å²) in [6.45, 7) is 6.05. The molecule has 26 heavy (non-hydrogen) atoms. The molecule has 0 spiro atoms. The lowest BCUT2D eigenvalue weighted by molar-refractivity contribution is -0.120. The Hall–Kier alpha value is -2.92. The van der Waals surface area contributed by atoms with Crippen molar-refractivity contribution in [3.8, 4) is 6.07 Å². The maximum absolute atomic E-state index is 14.2.